The van der Waals surface area contributed by atoms with Crippen molar-refractivity contribution in [3.8, 4) is 0 Å². The summed E-state index contributed by atoms with van der Waals surface area (Å²) >= 11 is 0. The molecule has 1 aromatic rings. The summed E-state index contributed by atoms with van der Waals surface area (Å²) in [6.45, 7) is 2.20. The van der Waals surface area contributed by atoms with Crippen LogP contribution in [0.25, 0.3) is 0 Å². The van der Waals surface area contributed by atoms with Crippen LogP contribution in [0.3, 0.4) is 0 Å². The zero-order chi connectivity index (χ0) is 14.7. The first kappa shape index (κ1) is 15.1. The lowest BCUT2D eigenvalue weighted by molar-refractivity contribution is 0.111. The van der Waals surface area contributed by atoms with E-state index in [0.717, 1.165) is 17.8 Å². The van der Waals surface area contributed by atoms with Crippen LogP contribution in [-0.2, 0) is 6.42 Å². The molecule has 2 saturated carbocycles. The molecule has 4 atom stereocenters. The summed E-state index contributed by atoms with van der Waals surface area (Å²) in [5.41, 5.74) is 2.89. The molecule has 0 amide bonds. The van der Waals surface area contributed by atoms with E-state index >= 15 is 0 Å². The lowest BCUT2D eigenvalue weighted by Crippen LogP contribution is -2.40. The van der Waals surface area contributed by atoms with Crippen LogP contribution < -0.4 is 5.32 Å². The van der Waals surface area contributed by atoms with Gasteiger partial charge in [-0.2, -0.15) is 0 Å². The van der Waals surface area contributed by atoms with Crippen LogP contribution in [-0.4, -0.2) is 13.1 Å². The van der Waals surface area contributed by atoms with Crippen LogP contribution in [0.2, 0.25) is 0 Å². The molecule has 116 valence electrons. The molecular weight excluding hydrogens is 254 g/mol. The highest BCUT2D eigenvalue weighted by atomic mass is 14.9. The van der Waals surface area contributed by atoms with Crippen molar-refractivity contribution in [2.45, 2.75) is 64.3 Å². The summed E-state index contributed by atoms with van der Waals surface area (Å²) in [6.07, 6.45) is 11.6. The largest absolute Gasteiger partial charge is 0.316 e. The summed E-state index contributed by atoms with van der Waals surface area (Å²) in [5, 5.41) is 3.64. The number of nitrogens with one attached hydrogen (secondary N) is 1. The molecule has 1 N–H and O–H groups in total. The van der Waals surface area contributed by atoms with E-state index in [-0.39, 0.29) is 0 Å². The van der Waals surface area contributed by atoms with Crippen LogP contribution in [0.15, 0.2) is 24.3 Å². The molecule has 2 aliphatic rings. The number of hydrogen-bond donors (Lipinski definition) is 1. The van der Waals surface area contributed by atoms with Gasteiger partial charge in [-0.05, 0) is 63.0 Å². The molecule has 0 aromatic heterocycles. The predicted octanol–water partition coefficient (Wildman–Crippen LogP) is 4.73. The molecule has 2 fully saturated rings. The van der Waals surface area contributed by atoms with Crippen molar-refractivity contribution < 1.29 is 0 Å². The van der Waals surface area contributed by atoms with Crippen molar-refractivity contribution in [2.24, 2.45) is 17.8 Å². The molecule has 0 spiro atoms. The smallest absolute Gasteiger partial charge is 0.0133 e. The van der Waals surface area contributed by atoms with Gasteiger partial charge in [-0.1, -0.05) is 55.5 Å². The quantitative estimate of drug-likeness (QED) is 0.843. The Hall–Kier alpha value is -0.820. The molecule has 1 aromatic carbocycles. The second-order valence-corrected chi connectivity index (χ2v) is 7.47. The minimum absolute atomic E-state index is 0.662. The summed E-state index contributed by atoms with van der Waals surface area (Å²) < 4.78 is 0. The molecule has 21 heavy (non-hydrogen) atoms. The van der Waals surface area contributed by atoms with E-state index in [1.54, 1.807) is 0 Å². The summed E-state index contributed by atoms with van der Waals surface area (Å²) in [6, 6.07) is 9.72. The van der Waals surface area contributed by atoms with Crippen LogP contribution in [0.4, 0.5) is 0 Å². The third kappa shape index (κ3) is 3.69. The van der Waals surface area contributed by atoms with Gasteiger partial charge in [0.1, 0.15) is 0 Å². The Morgan fingerprint density at radius 2 is 1.90 bits per heavy atom. The Morgan fingerprint density at radius 1 is 1.10 bits per heavy atom. The van der Waals surface area contributed by atoms with Crippen LogP contribution in [0.1, 0.15) is 56.1 Å². The fourth-order valence-electron chi connectivity index (χ4n) is 4.87. The highest BCUT2D eigenvalue weighted by Crippen LogP contribution is 2.43. The van der Waals surface area contributed by atoms with Gasteiger partial charge in [0, 0.05) is 6.04 Å². The lowest BCUT2D eigenvalue weighted by Gasteiger charge is -2.42. The van der Waals surface area contributed by atoms with Crippen molar-refractivity contribution in [3.63, 3.8) is 0 Å². The van der Waals surface area contributed by atoms with E-state index in [4.69, 9.17) is 0 Å². The van der Waals surface area contributed by atoms with Gasteiger partial charge in [-0.25, -0.2) is 0 Å². The van der Waals surface area contributed by atoms with Crippen molar-refractivity contribution in [1.29, 1.82) is 0 Å². The van der Waals surface area contributed by atoms with Crippen molar-refractivity contribution in [1.82, 2.24) is 5.32 Å². The van der Waals surface area contributed by atoms with Crippen LogP contribution >= 0.6 is 0 Å². The van der Waals surface area contributed by atoms with E-state index in [0.29, 0.717) is 6.04 Å². The minimum Gasteiger partial charge on any atom is -0.316 e. The monoisotopic (exact) mass is 285 g/mol. The molecule has 1 heteroatoms. The average molecular weight is 285 g/mol. The number of fused-ring (bicyclic) bond motifs is 1. The van der Waals surface area contributed by atoms with Crippen molar-refractivity contribution in [2.75, 3.05) is 7.05 Å². The van der Waals surface area contributed by atoms with Crippen LogP contribution in [0, 0.1) is 24.7 Å². The SMILES string of the molecule is CNC(Cc1cccc(C)c1)C1CCC2CCCCC2C1. The van der Waals surface area contributed by atoms with Crippen molar-refractivity contribution in [3.05, 3.63) is 35.4 Å². The molecule has 0 radical (unpaired) electrons. The van der Waals surface area contributed by atoms with E-state index in [2.05, 4.69) is 43.6 Å². The zero-order valence-electron chi connectivity index (χ0n) is 13.8. The summed E-state index contributed by atoms with van der Waals surface area (Å²) in [7, 11) is 2.16. The maximum Gasteiger partial charge on any atom is 0.0133 e. The standard InChI is InChI=1S/C20H31N/c1-15-6-5-7-16(12-15)13-20(21-2)19-11-10-17-8-3-4-9-18(17)14-19/h5-7,12,17-21H,3-4,8-11,13-14H2,1-2H3. The molecule has 1 nitrogen and oxygen atoms in total. The van der Waals surface area contributed by atoms with E-state index in [1.165, 1.54) is 62.5 Å². The lowest BCUT2D eigenvalue weighted by atomic mass is 9.65. The van der Waals surface area contributed by atoms with Crippen molar-refractivity contribution >= 4 is 0 Å². The van der Waals surface area contributed by atoms with Gasteiger partial charge in [0.2, 0.25) is 0 Å². The number of likely N-dealkylation sites (N-methyl/N-ethyl adjacent to an activating group) is 1. The second-order valence-electron chi connectivity index (χ2n) is 7.47. The topological polar surface area (TPSA) is 12.0 Å². The molecule has 3 rings (SSSR count). The maximum atomic E-state index is 3.64. The summed E-state index contributed by atoms with van der Waals surface area (Å²) in [5.74, 6) is 2.98. The normalized spacial score (nSPS) is 30.7. The molecule has 2 aliphatic carbocycles. The first-order valence-corrected chi connectivity index (χ1v) is 8.99. The molecule has 0 aliphatic heterocycles. The van der Waals surface area contributed by atoms with E-state index in [9.17, 15) is 0 Å². The molecule has 0 saturated heterocycles. The molecule has 0 heterocycles. The fraction of sp³-hybridized carbons (Fsp3) is 0.700. The fourth-order valence-corrected chi connectivity index (χ4v) is 4.87. The first-order chi connectivity index (χ1) is 10.3. The Morgan fingerprint density at radius 3 is 2.67 bits per heavy atom. The zero-order valence-corrected chi connectivity index (χ0v) is 13.8. The van der Waals surface area contributed by atoms with Gasteiger partial charge in [0.25, 0.3) is 0 Å². The summed E-state index contributed by atoms with van der Waals surface area (Å²) in [4.78, 5) is 0. The first-order valence-electron chi connectivity index (χ1n) is 8.99. The Labute approximate surface area is 130 Å². The Kier molecular flexibility index (Phi) is 5.00. The number of rotatable bonds is 4. The van der Waals surface area contributed by atoms with E-state index in [1.807, 2.05) is 0 Å². The van der Waals surface area contributed by atoms with Crippen LogP contribution in [0.5, 0.6) is 0 Å². The highest BCUT2D eigenvalue weighted by Gasteiger charge is 2.34. The van der Waals surface area contributed by atoms with Gasteiger partial charge in [0.05, 0.1) is 0 Å². The Balaban J connectivity index is 1.63. The molecular formula is C20H31N. The Bertz CT molecular complexity index is 453. The van der Waals surface area contributed by atoms with Gasteiger partial charge in [-0.3, -0.25) is 0 Å². The minimum atomic E-state index is 0.662. The van der Waals surface area contributed by atoms with Gasteiger partial charge < -0.3 is 5.32 Å². The highest BCUT2D eigenvalue weighted by molar-refractivity contribution is 5.23. The third-order valence-corrected chi connectivity index (χ3v) is 6.06. The van der Waals surface area contributed by atoms with Gasteiger partial charge in [-0.15, -0.1) is 0 Å². The number of benzene rings is 1. The third-order valence-electron chi connectivity index (χ3n) is 6.06. The predicted molar refractivity (Wildman–Crippen MR) is 90.5 cm³/mol. The molecule has 0 bridgehead atoms. The molecule has 4 unspecified atom stereocenters. The average Bonchev–Trinajstić information content (AvgIpc) is 2.52. The van der Waals surface area contributed by atoms with Gasteiger partial charge >= 0.3 is 0 Å². The van der Waals surface area contributed by atoms with Gasteiger partial charge in [0.15, 0.2) is 0 Å². The maximum absolute atomic E-state index is 3.64. The van der Waals surface area contributed by atoms with E-state index < -0.39 is 0 Å². The second kappa shape index (κ2) is 6.96. The number of aryl methyl sites for hydroxylation is 1. The number of hydrogen-bond acceptors (Lipinski definition) is 1.